The van der Waals surface area contributed by atoms with Crippen LogP contribution in [0.2, 0.25) is 0 Å². The maximum Gasteiger partial charge on any atom is 0.0464 e. The van der Waals surface area contributed by atoms with Crippen LogP contribution in [0.3, 0.4) is 0 Å². The van der Waals surface area contributed by atoms with Crippen LogP contribution in [0.4, 0.5) is 0 Å². The predicted octanol–water partition coefficient (Wildman–Crippen LogP) is 0.673. The Kier molecular flexibility index (Phi) is 1.82. The van der Waals surface area contributed by atoms with Crippen LogP contribution in [-0.4, -0.2) is 23.5 Å². The van der Waals surface area contributed by atoms with Crippen LogP contribution in [-0.2, 0) is 26.1 Å². The van der Waals surface area contributed by atoms with E-state index in [1.165, 1.54) is 22.4 Å². The van der Waals surface area contributed by atoms with Gasteiger partial charge in [0.25, 0.3) is 0 Å². The van der Waals surface area contributed by atoms with Crippen LogP contribution in [0.15, 0.2) is 6.20 Å². The van der Waals surface area contributed by atoms with Gasteiger partial charge in [0.1, 0.15) is 0 Å². The predicted molar refractivity (Wildman–Crippen MR) is 54.8 cm³/mol. The molecule has 0 unspecified atom stereocenters. The standard InChI is InChI=1S/C11H15N3/c1-14-3-2-11-10(7-14)9-6-12-4-8(9)5-13-11/h5,12H,2-4,6-7H2,1H3. The fourth-order valence-electron chi connectivity index (χ4n) is 2.42. The minimum atomic E-state index is 0.999. The number of fused-ring (bicyclic) bond motifs is 3. The van der Waals surface area contributed by atoms with Gasteiger partial charge in [0.05, 0.1) is 0 Å². The van der Waals surface area contributed by atoms with Crippen molar-refractivity contribution in [2.24, 2.45) is 0 Å². The summed E-state index contributed by atoms with van der Waals surface area (Å²) in [6, 6.07) is 0. The third-order valence-electron chi connectivity index (χ3n) is 3.25. The molecule has 0 bridgehead atoms. The fourth-order valence-corrected chi connectivity index (χ4v) is 2.42. The molecule has 3 heterocycles. The second kappa shape index (κ2) is 3.04. The van der Waals surface area contributed by atoms with Gasteiger partial charge in [0.15, 0.2) is 0 Å². The SMILES string of the molecule is CN1CCc2ncc3c(c2C1)CNC3. The molecule has 0 saturated heterocycles. The zero-order valence-corrected chi connectivity index (χ0v) is 8.51. The van der Waals surface area contributed by atoms with E-state index in [2.05, 4.69) is 28.4 Å². The molecule has 3 nitrogen and oxygen atoms in total. The minimum absolute atomic E-state index is 0.999. The summed E-state index contributed by atoms with van der Waals surface area (Å²) in [6.45, 7) is 4.26. The number of pyridine rings is 1. The van der Waals surface area contributed by atoms with Crippen LogP contribution >= 0.6 is 0 Å². The van der Waals surface area contributed by atoms with E-state index in [1.54, 1.807) is 0 Å². The second-order valence-corrected chi connectivity index (χ2v) is 4.28. The number of hydrogen-bond acceptors (Lipinski definition) is 3. The highest BCUT2D eigenvalue weighted by molar-refractivity contribution is 5.39. The maximum atomic E-state index is 4.56. The van der Waals surface area contributed by atoms with E-state index in [0.717, 1.165) is 32.6 Å². The smallest absolute Gasteiger partial charge is 0.0464 e. The Bertz CT molecular complexity index is 373. The molecular formula is C11H15N3. The Hall–Kier alpha value is -0.930. The van der Waals surface area contributed by atoms with Crippen molar-refractivity contribution in [2.75, 3.05) is 13.6 Å². The molecular weight excluding hydrogens is 174 g/mol. The average molecular weight is 189 g/mol. The first-order valence-electron chi connectivity index (χ1n) is 5.22. The van der Waals surface area contributed by atoms with Gasteiger partial charge in [0.2, 0.25) is 0 Å². The van der Waals surface area contributed by atoms with Crippen molar-refractivity contribution in [1.82, 2.24) is 15.2 Å². The molecule has 0 amide bonds. The van der Waals surface area contributed by atoms with Gasteiger partial charge >= 0.3 is 0 Å². The molecule has 0 radical (unpaired) electrons. The van der Waals surface area contributed by atoms with Crippen molar-refractivity contribution in [1.29, 1.82) is 0 Å². The summed E-state index contributed by atoms with van der Waals surface area (Å²) in [6.07, 6.45) is 3.17. The number of likely N-dealkylation sites (N-methyl/N-ethyl adjacent to an activating group) is 1. The second-order valence-electron chi connectivity index (χ2n) is 4.28. The highest BCUT2D eigenvalue weighted by atomic mass is 15.1. The molecule has 2 aliphatic rings. The van der Waals surface area contributed by atoms with Crippen molar-refractivity contribution >= 4 is 0 Å². The summed E-state index contributed by atoms with van der Waals surface area (Å²) >= 11 is 0. The molecule has 0 aliphatic carbocycles. The molecule has 3 heteroatoms. The lowest BCUT2D eigenvalue weighted by Gasteiger charge is -2.25. The molecule has 0 saturated carbocycles. The zero-order chi connectivity index (χ0) is 9.54. The fraction of sp³-hybridized carbons (Fsp3) is 0.545. The van der Waals surface area contributed by atoms with Crippen molar-refractivity contribution in [3.8, 4) is 0 Å². The third-order valence-corrected chi connectivity index (χ3v) is 3.25. The number of rotatable bonds is 0. The highest BCUT2D eigenvalue weighted by Crippen LogP contribution is 2.25. The summed E-state index contributed by atoms with van der Waals surface area (Å²) in [4.78, 5) is 6.94. The Balaban J connectivity index is 2.12. The molecule has 1 aromatic rings. The summed E-state index contributed by atoms with van der Waals surface area (Å²) in [5, 5.41) is 3.39. The van der Waals surface area contributed by atoms with Gasteiger partial charge in [-0.25, -0.2) is 0 Å². The van der Waals surface area contributed by atoms with E-state index in [9.17, 15) is 0 Å². The topological polar surface area (TPSA) is 28.2 Å². The Morgan fingerprint density at radius 2 is 2.29 bits per heavy atom. The van der Waals surface area contributed by atoms with Crippen LogP contribution in [0, 0.1) is 0 Å². The monoisotopic (exact) mass is 189 g/mol. The minimum Gasteiger partial charge on any atom is -0.309 e. The lowest BCUT2D eigenvalue weighted by Crippen LogP contribution is -2.28. The zero-order valence-electron chi connectivity index (χ0n) is 8.51. The van der Waals surface area contributed by atoms with E-state index in [-0.39, 0.29) is 0 Å². The molecule has 14 heavy (non-hydrogen) atoms. The molecule has 0 atom stereocenters. The van der Waals surface area contributed by atoms with Crippen molar-refractivity contribution in [3.63, 3.8) is 0 Å². The quantitative estimate of drug-likeness (QED) is 0.650. The first-order valence-corrected chi connectivity index (χ1v) is 5.22. The molecule has 0 aromatic carbocycles. The number of aromatic nitrogens is 1. The molecule has 1 aromatic heterocycles. The Morgan fingerprint density at radius 1 is 1.36 bits per heavy atom. The molecule has 1 N–H and O–H groups in total. The Labute approximate surface area is 84.1 Å². The van der Waals surface area contributed by atoms with E-state index in [0.29, 0.717) is 0 Å². The number of nitrogens with one attached hydrogen (secondary N) is 1. The van der Waals surface area contributed by atoms with E-state index in [1.807, 2.05) is 0 Å². The van der Waals surface area contributed by atoms with Gasteiger partial charge < -0.3 is 10.2 Å². The van der Waals surface area contributed by atoms with Gasteiger partial charge in [-0.2, -0.15) is 0 Å². The number of hydrogen-bond donors (Lipinski definition) is 1. The van der Waals surface area contributed by atoms with Crippen molar-refractivity contribution < 1.29 is 0 Å². The van der Waals surface area contributed by atoms with Gasteiger partial charge in [-0.3, -0.25) is 4.98 Å². The molecule has 0 fully saturated rings. The van der Waals surface area contributed by atoms with E-state index < -0.39 is 0 Å². The molecule has 0 spiro atoms. The van der Waals surface area contributed by atoms with Crippen LogP contribution < -0.4 is 5.32 Å². The van der Waals surface area contributed by atoms with Gasteiger partial charge in [0, 0.05) is 44.5 Å². The van der Waals surface area contributed by atoms with E-state index >= 15 is 0 Å². The van der Waals surface area contributed by atoms with Crippen molar-refractivity contribution in [2.45, 2.75) is 26.1 Å². The lowest BCUT2D eigenvalue weighted by molar-refractivity contribution is 0.308. The molecule has 3 rings (SSSR count). The molecule has 2 aliphatic heterocycles. The largest absolute Gasteiger partial charge is 0.309 e. The summed E-state index contributed by atoms with van der Waals surface area (Å²) in [5.74, 6) is 0. The average Bonchev–Trinajstić information content (AvgIpc) is 2.65. The number of nitrogens with zero attached hydrogens (tertiary/aromatic N) is 2. The molecule has 74 valence electrons. The van der Waals surface area contributed by atoms with Gasteiger partial charge in [-0.1, -0.05) is 0 Å². The normalized spacial score (nSPS) is 20.6. The van der Waals surface area contributed by atoms with Crippen LogP contribution in [0.1, 0.15) is 22.4 Å². The maximum absolute atomic E-state index is 4.56. The van der Waals surface area contributed by atoms with Gasteiger partial charge in [-0.15, -0.1) is 0 Å². The van der Waals surface area contributed by atoms with Crippen LogP contribution in [0.25, 0.3) is 0 Å². The lowest BCUT2D eigenvalue weighted by atomic mass is 9.98. The van der Waals surface area contributed by atoms with Crippen molar-refractivity contribution in [3.05, 3.63) is 28.6 Å². The Morgan fingerprint density at radius 3 is 3.21 bits per heavy atom. The summed E-state index contributed by atoms with van der Waals surface area (Å²) in [5.41, 5.74) is 5.73. The highest BCUT2D eigenvalue weighted by Gasteiger charge is 2.22. The third kappa shape index (κ3) is 1.16. The van der Waals surface area contributed by atoms with Crippen LogP contribution in [0.5, 0.6) is 0 Å². The first-order chi connectivity index (χ1) is 6.84. The van der Waals surface area contributed by atoms with E-state index in [4.69, 9.17) is 0 Å². The van der Waals surface area contributed by atoms with Gasteiger partial charge in [-0.05, 0) is 23.7 Å². The summed E-state index contributed by atoms with van der Waals surface area (Å²) < 4.78 is 0. The first kappa shape index (κ1) is 8.38. The summed E-state index contributed by atoms with van der Waals surface area (Å²) in [7, 11) is 2.19.